The van der Waals surface area contributed by atoms with E-state index in [2.05, 4.69) is 59.8 Å². The molecule has 2 aromatic carbocycles. The summed E-state index contributed by atoms with van der Waals surface area (Å²) in [4.78, 5) is 16.8. The number of carbonyl (C=O) groups excluding carboxylic acids is 1. The van der Waals surface area contributed by atoms with Crippen LogP contribution in [0.5, 0.6) is 0 Å². The van der Waals surface area contributed by atoms with Crippen molar-refractivity contribution in [3.63, 3.8) is 0 Å². The third-order valence-corrected chi connectivity index (χ3v) is 8.63. The van der Waals surface area contributed by atoms with Gasteiger partial charge in [-0.2, -0.15) is 0 Å². The van der Waals surface area contributed by atoms with Crippen molar-refractivity contribution >= 4 is 41.0 Å². The molecule has 1 aliphatic carbocycles. The lowest BCUT2D eigenvalue weighted by Crippen LogP contribution is -2.48. The summed E-state index contributed by atoms with van der Waals surface area (Å²) in [5.41, 5.74) is 5.31. The Bertz CT molecular complexity index is 1230. The number of hydrogen-bond donors (Lipinski definition) is 1. The number of benzene rings is 2. The highest BCUT2D eigenvalue weighted by Gasteiger charge is 2.43. The van der Waals surface area contributed by atoms with Crippen LogP contribution in [0.4, 0.5) is 5.69 Å². The average molecular weight is 506 g/mol. The normalized spacial score (nSPS) is 23.8. The molecule has 2 fully saturated rings. The predicted octanol–water partition coefficient (Wildman–Crippen LogP) is 7.64. The van der Waals surface area contributed by atoms with Gasteiger partial charge in [0.1, 0.15) is 0 Å². The van der Waals surface area contributed by atoms with Crippen LogP contribution in [0, 0.1) is 19.8 Å². The highest BCUT2D eigenvalue weighted by Crippen LogP contribution is 2.42. The Kier molecular flexibility index (Phi) is 6.99. The number of hydrogen-bond acceptors (Lipinski definition) is 3. The Balaban J connectivity index is 1.49. The van der Waals surface area contributed by atoms with Crippen LogP contribution >= 0.6 is 23.4 Å². The zero-order valence-corrected chi connectivity index (χ0v) is 22.1. The molecule has 1 aromatic heterocycles. The summed E-state index contributed by atoms with van der Waals surface area (Å²) in [5, 5.41) is 4.35. The Morgan fingerprint density at radius 2 is 1.74 bits per heavy atom. The zero-order valence-electron chi connectivity index (χ0n) is 20.5. The second kappa shape index (κ2) is 10.2. The summed E-state index contributed by atoms with van der Waals surface area (Å²) < 4.78 is 2.22. The highest BCUT2D eigenvalue weighted by molar-refractivity contribution is 8.05. The highest BCUT2D eigenvalue weighted by atomic mass is 35.5. The minimum absolute atomic E-state index is 0.110. The monoisotopic (exact) mass is 505 g/mol. The smallest absolute Gasteiger partial charge is 0.262 e. The zero-order chi connectivity index (χ0) is 24.5. The van der Waals surface area contributed by atoms with E-state index in [-0.39, 0.29) is 17.4 Å². The van der Waals surface area contributed by atoms with Gasteiger partial charge in [0.05, 0.1) is 4.91 Å². The van der Waals surface area contributed by atoms with Crippen molar-refractivity contribution in [3.05, 3.63) is 87.5 Å². The predicted molar refractivity (Wildman–Crippen MR) is 148 cm³/mol. The van der Waals surface area contributed by atoms with Crippen molar-refractivity contribution in [2.24, 2.45) is 5.92 Å². The number of nitrogens with zero attached hydrogens (tertiary/aromatic N) is 2. The molecule has 3 atom stereocenters. The second-order valence-corrected chi connectivity index (χ2v) is 11.2. The first-order valence-electron chi connectivity index (χ1n) is 12.4. The SMILES string of the molecule is Cc1cc(/C=C2\SC(Nc3ccccc3)N([C@H]3CCCC[C@H]3C)C2=O)c(C)n1-c1ccc(Cl)cc1. The molecule has 2 heterocycles. The largest absolute Gasteiger partial charge is 0.356 e. The van der Waals surface area contributed by atoms with Crippen LogP contribution in [0.2, 0.25) is 5.02 Å². The number of halogens is 1. The van der Waals surface area contributed by atoms with Gasteiger partial charge >= 0.3 is 0 Å². The van der Waals surface area contributed by atoms with Gasteiger partial charge in [0.25, 0.3) is 5.91 Å². The molecule has 4 nitrogen and oxygen atoms in total. The van der Waals surface area contributed by atoms with E-state index in [1.54, 1.807) is 11.8 Å². The summed E-state index contributed by atoms with van der Waals surface area (Å²) in [5.74, 6) is 0.640. The van der Waals surface area contributed by atoms with E-state index in [1.807, 2.05) is 42.5 Å². The van der Waals surface area contributed by atoms with Gasteiger partial charge in [-0.1, -0.05) is 61.3 Å². The summed E-state index contributed by atoms with van der Waals surface area (Å²) in [6, 6.07) is 20.5. The van der Waals surface area contributed by atoms with Gasteiger partial charge in [0.2, 0.25) is 0 Å². The van der Waals surface area contributed by atoms with Gasteiger partial charge in [0, 0.05) is 33.8 Å². The molecule has 182 valence electrons. The molecule has 5 rings (SSSR count). The van der Waals surface area contributed by atoms with Crippen LogP contribution in [0.15, 0.2) is 65.6 Å². The minimum atomic E-state index is -0.110. The first-order chi connectivity index (χ1) is 16.9. The topological polar surface area (TPSA) is 37.3 Å². The van der Waals surface area contributed by atoms with Crippen LogP contribution in [0.1, 0.15) is 49.6 Å². The van der Waals surface area contributed by atoms with E-state index in [0.717, 1.165) is 44.7 Å². The summed E-state index contributed by atoms with van der Waals surface area (Å²) >= 11 is 7.74. The molecule has 35 heavy (non-hydrogen) atoms. The molecule has 2 aliphatic rings. The van der Waals surface area contributed by atoms with Crippen molar-refractivity contribution in [2.75, 3.05) is 5.32 Å². The number of amides is 1. The maximum Gasteiger partial charge on any atom is 0.262 e. The van der Waals surface area contributed by atoms with Crippen molar-refractivity contribution in [2.45, 2.75) is 58.0 Å². The molecule has 0 bridgehead atoms. The number of carbonyl (C=O) groups is 1. The number of anilines is 1. The van der Waals surface area contributed by atoms with E-state index in [4.69, 9.17) is 11.6 Å². The molecule has 1 saturated heterocycles. The quantitative estimate of drug-likeness (QED) is 0.362. The fourth-order valence-electron chi connectivity index (χ4n) is 5.43. The molecule has 0 radical (unpaired) electrons. The molecule has 3 aromatic rings. The van der Waals surface area contributed by atoms with Gasteiger partial charge in [-0.25, -0.2) is 0 Å². The van der Waals surface area contributed by atoms with Crippen LogP contribution in [-0.4, -0.2) is 26.9 Å². The molecular weight excluding hydrogens is 474 g/mol. The standard InChI is InChI=1S/C29H32ClN3OS/c1-19-9-7-8-12-26(19)33-28(34)27(35-29(33)31-24-10-5-4-6-11-24)18-22-17-20(2)32(21(22)3)25-15-13-23(30)14-16-25/h4-6,10-11,13-19,26,29,31H,7-9,12H2,1-3H3/b27-18-/t19-,26+,29?/m1/s1. The Morgan fingerprint density at radius 1 is 1.03 bits per heavy atom. The molecule has 1 amide bonds. The third-order valence-electron chi connectivity index (χ3n) is 7.27. The fraction of sp³-hybridized carbons (Fsp3) is 0.345. The van der Waals surface area contributed by atoms with Crippen molar-refractivity contribution < 1.29 is 4.79 Å². The van der Waals surface area contributed by atoms with E-state index in [0.29, 0.717) is 5.92 Å². The minimum Gasteiger partial charge on any atom is -0.356 e. The maximum atomic E-state index is 13.8. The van der Waals surface area contributed by atoms with E-state index >= 15 is 0 Å². The summed E-state index contributed by atoms with van der Waals surface area (Å²) in [6.45, 7) is 6.50. The Labute approximate surface area is 217 Å². The molecular formula is C29H32ClN3OS. The van der Waals surface area contributed by atoms with Crippen molar-refractivity contribution in [3.8, 4) is 5.69 Å². The van der Waals surface area contributed by atoms with Gasteiger partial charge < -0.3 is 14.8 Å². The molecule has 1 unspecified atom stereocenters. The number of nitrogens with one attached hydrogen (secondary N) is 1. The molecule has 1 saturated carbocycles. The Hall–Kier alpha value is -2.63. The van der Waals surface area contributed by atoms with E-state index in [1.165, 1.54) is 19.3 Å². The number of para-hydroxylation sites is 1. The van der Waals surface area contributed by atoms with Crippen LogP contribution in [0.25, 0.3) is 11.8 Å². The van der Waals surface area contributed by atoms with E-state index < -0.39 is 0 Å². The van der Waals surface area contributed by atoms with Crippen LogP contribution in [-0.2, 0) is 4.79 Å². The molecule has 1 N–H and O–H groups in total. The van der Waals surface area contributed by atoms with Gasteiger partial charge in [-0.05, 0) is 86.7 Å². The number of aryl methyl sites for hydroxylation is 1. The van der Waals surface area contributed by atoms with Gasteiger partial charge in [-0.3, -0.25) is 4.79 Å². The molecule has 0 spiro atoms. The van der Waals surface area contributed by atoms with E-state index in [9.17, 15) is 4.79 Å². The summed E-state index contributed by atoms with van der Waals surface area (Å²) in [7, 11) is 0. The first kappa shape index (κ1) is 24.1. The third kappa shape index (κ3) is 4.89. The Morgan fingerprint density at radius 3 is 2.46 bits per heavy atom. The molecule has 1 aliphatic heterocycles. The number of rotatable bonds is 5. The average Bonchev–Trinajstić information content (AvgIpc) is 3.30. The van der Waals surface area contributed by atoms with Crippen molar-refractivity contribution in [1.82, 2.24) is 9.47 Å². The maximum absolute atomic E-state index is 13.8. The number of aromatic nitrogens is 1. The van der Waals surface area contributed by atoms with Crippen LogP contribution < -0.4 is 5.32 Å². The van der Waals surface area contributed by atoms with Crippen LogP contribution in [0.3, 0.4) is 0 Å². The lowest BCUT2D eigenvalue weighted by Gasteiger charge is -2.39. The van der Waals surface area contributed by atoms with Crippen molar-refractivity contribution in [1.29, 1.82) is 0 Å². The molecule has 6 heteroatoms. The summed E-state index contributed by atoms with van der Waals surface area (Å²) in [6.07, 6.45) is 6.76. The van der Waals surface area contributed by atoms with Gasteiger partial charge in [0.15, 0.2) is 5.50 Å². The lowest BCUT2D eigenvalue weighted by molar-refractivity contribution is -0.129. The first-order valence-corrected chi connectivity index (χ1v) is 13.7. The fourth-order valence-corrected chi connectivity index (χ4v) is 6.76. The lowest BCUT2D eigenvalue weighted by atomic mass is 9.85. The second-order valence-electron chi connectivity index (χ2n) is 9.67. The van der Waals surface area contributed by atoms with Gasteiger partial charge in [-0.15, -0.1) is 0 Å². The number of thioether (sulfide) groups is 1.